The lowest BCUT2D eigenvalue weighted by Gasteiger charge is -2.15. The lowest BCUT2D eigenvalue weighted by Crippen LogP contribution is -2.33. The van der Waals surface area contributed by atoms with Gasteiger partial charge in [0.25, 0.3) is 5.91 Å². The fourth-order valence-electron chi connectivity index (χ4n) is 2.97. The molecule has 0 N–H and O–H groups in total. The number of hydrogen-bond donors (Lipinski definition) is 0. The molecule has 2 heterocycles. The molecule has 0 radical (unpaired) electrons. The van der Waals surface area contributed by atoms with E-state index in [1.165, 1.54) is 4.90 Å². The van der Waals surface area contributed by atoms with Crippen LogP contribution in [0.4, 0.5) is 5.69 Å². The van der Waals surface area contributed by atoms with Crippen LogP contribution < -0.4 is 4.90 Å². The molecule has 0 aromatic heterocycles. The van der Waals surface area contributed by atoms with E-state index in [1.807, 2.05) is 37.3 Å². The van der Waals surface area contributed by atoms with Gasteiger partial charge in [-0.1, -0.05) is 53.2 Å². The molecule has 2 aromatic carbocycles. The number of anilines is 1. The fourth-order valence-corrected chi connectivity index (χ4v) is 2.97. The largest absolute Gasteiger partial charge is 0.381 e. The zero-order chi connectivity index (χ0) is 16.0. The third-order valence-electron chi connectivity index (χ3n) is 4.17. The molecule has 5 nitrogen and oxygen atoms in total. The van der Waals surface area contributed by atoms with Gasteiger partial charge in [-0.15, -0.1) is 0 Å². The molecular weight excluding hydrogens is 292 g/mol. The van der Waals surface area contributed by atoms with Crippen LogP contribution in [0.3, 0.4) is 0 Å². The first-order valence-corrected chi connectivity index (χ1v) is 7.40. The van der Waals surface area contributed by atoms with Gasteiger partial charge in [0.1, 0.15) is 11.6 Å². The highest BCUT2D eigenvalue weighted by molar-refractivity contribution is 6.32. The van der Waals surface area contributed by atoms with Crippen molar-refractivity contribution in [2.75, 3.05) is 4.90 Å². The maximum atomic E-state index is 12.8. The smallest absolute Gasteiger partial charge is 0.278 e. The molecule has 2 amide bonds. The number of amides is 2. The van der Waals surface area contributed by atoms with Crippen molar-refractivity contribution in [3.05, 3.63) is 65.7 Å². The summed E-state index contributed by atoms with van der Waals surface area (Å²) in [5.41, 5.74) is 3.00. The van der Waals surface area contributed by atoms with Crippen LogP contribution in [0.15, 0.2) is 59.8 Å². The van der Waals surface area contributed by atoms with E-state index in [2.05, 4.69) is 5.16 Å². The number of nitrogens with zero attached hydrogens (tertiary/aromatic N) is 2. The Kier molecular flexibility index (Phi) is 3.01. The standard InChI is InChI=1S/C18H14N2O3/c1-11-7-9-12(10-8-11)15-14-16(23-19-15)18(22)20(17(14)21)13-5-3-2-4-6-13/h2-10,14,16H,1H3/t14-,16-/m0/s1. The summed E-state index contributed by atoms with van der Waals surface area (Å²) in [7, 11) is 0. The minimum atomic E-state index is -0.862. The first kappa shape index (κ1) is 13.7. The van der Waals surface area contributed by atoms with E-state index in [9.17, 15) is 9.59 Å². The third-order valence-corrected chi connectivity index (χ3v) is 4.17. The van der Waals surface area contributed by atoms with Gasteiger partial charge in [-0.25, -0.2) is 4.90 Å². The second-order valence-electron chi connectivity index (χ2n) is 5.69. The van der Waals surface area contributed by atoms with Crippen molar-refractivity contribution >= 4 is 23.2 Å². The SMILES string of the molecule is Cc1ccc(C2=NO[C@@H]3C(=O)N(c4ccccc4)C(=O)[C@@H]23)cc1. The van der Waals surface area contributed by atoms with Crippen molar-refractivity contribution in [2.24, 2.45) is 11.1 Å². The van der Waals surface area contributed by atoms with Gasteiger partial charge < -0.3 is 4.84 Å². The van der Waals surface area contributed by atoms with Crippen LogP contribution in [0, 0.1) is 12.8 Å². The highest BCUT2D eigenvalue weighted by Gasteiger charge is 2.56. The monoisotopic (exact) mass is 306 g/mol. The molecule has 0 aliphatic carbocycles. The molecule has 23 heavy (non-hydrogen) atoms. The first-order chi connectivity index (χ1) is 11.2. The van der Waals surface area contributed by atoms with E-state index in [0.29, 0.717) is 11.4 Å². The van der Waals surface area contributed by atoms with E-state index < -0.39 is 12.0 Å². The van der Waals surface area contributed by atoms with Gasteiger partial charge in [0, 0.05) is 5.56 Å². The van der Waals surface area contributed by atoms with E-state index in [1.54, 1.807) is 24.3 Å². The van der Waals surface area contributed by atoms with Crippen molar-refractivity contribution in [1.82, 2.24) is 0 Å². The number of hydrogen-bond acceptors (Lipinski definition) is 4. The number of imide groups is 1. The van der Waals surface area contributed by atoms with E-state index in [-0.39, 0.29) is 11.8 Å². The highest BCUT2D eigenvalue weighted by Crippen LogP contribution is 2.34. The summed E-state index contributed by atoms with van der Waals surface area (Å²) in [6, 6.07) is 16.6. The Morgan fingerprint density at radius 1 is 0.957 bits per heavy atom. The van der Waals surface area contributed by atoms with Gasteiger partial charge in [0.2, 0.25) is 12.0 Å². The van der Waals surface area contributed by atoms with Gasteiger partial charge in [0.05, 0.1) is 5.69 Å². The molecule has 0 unspecified atom stereocenters. The molecule has 2 atom stereocenters. The minimum Gasteiger partial charge on any atom is -0.381 e. The maximum absolute atomic E-state index is 12.8. The summed E-state index contributed by atoms with van der Waals surface area (Å²) in [4.78, 5) is 31.8. The number of rotatable bonds is 2. The predicted octanol–water partition coefficient (Wildman–Crippen LogP) is 2.29. The first-order valence-electron chi connectivity index (χ1n) is 7.40. The number of benzene rings is 2. The zero-order valence-corrected chi connectivity index (χ0v) is 12.5. The van der Waals surface area contributed by atoms with Gasteiger partial charge in [0.15, 0.2) is 0 Å². The van der Waals surface area contributed by atoms with Crippen molar-refractivity contribution in [1.29, 1.82) is 0 Å². The van der Waals surface area contributed by atoms with Crippen LogP contribution in [0.25, 0.3) is 0 Å². The van der Waals surface area contributed by atoms with Crippen LogP contribution in [0.5, 0.6) is 0 Å². The lowest BCUT2D eigenvalue weighted by molar-refractivity contribution is -0.126. The Balaban J connectivity index is 1.71. The normalized spacial score (nSPS) is 22.8. The second kappa shape index (κ2) is 5.05. The van der Waals surface area contributed by atoms with Crippen molar-refractivity contribution in [2.45, 2.75) is 13.0 Å². The van der Waals surface area contributed by atoms with Gasteiger partial charge in [-0.3, -0.25) is 9.59 Å². The van der Waals surface area contributed by atoms with Crippen LogP contribution in [0.1, 0.15) is 11.1 Å². The van der Waals surface area contributed by atoms with Crippen LogP contribution in [-0.2, 0) is 14.4 Å². The molecule has 1 saturated heterocycles. The molecule has 114 valence electrons. The number of carbonyl (C=O) groups excluding carboxylic acids is 2. The number of para-hydroxylation sites is 1. The highest BCUT2D eigenvalue weighted by atomic mass is 16.6. The summed E-state index contributed by atoms with van der Waals surface area (Å²) in [5, 5.41) is 4.00. The fraction of sp³-hybridized carbons (Fsp3) is 0.167. The molecule has 0 bridgehead atoms. The molecule has 2 aliphatic rings. The summed E-state index contributed by atoms with van der Waals surface area (Å²) < 4.78 is 0. The Morgan fingerprint density at radius 3 is 2.35 bits per heavy atom. The Labute approximate surface area is 133 Å². The molecule has 1 fully saturated rings. The van der Waals surface area contributed by atoms with Gasteiger partial charge >= 0.3 is 0 Å². The number of fused-ring (bicyclic) bond motifs is 1. The predicted molar refractivity (Wildman–Crippen MR) is 85.0 cm³/mol. The quantitative estimate of drug-likeness (QED) is 0.800. The number of aryl methyl sites for hydroxylation is 1. The summed E-state index contributed by atoms with van der Waals surface area (Å²) in [6.45, 7) is 1.99. The van der Waals surface area contributed by atoms with Crippen molar-refractivity contribution in [3.63, 3.8) is 0 Å². The van der Waals surface area contributed by atoms with Gasteiger partial charge in [-0.05, 0) is 19.1 Å². The van der Waals surface area contributed by atoms with Crippen LogP contribution in [-0.4, -0.2) is 23.6 Å². The van der Waals surface area contributed by atoms with Crippen LogP contribution >= 0.6 is 0 Å². The van der Waals surface area contributed by atoms with E-state index in [4.69, 9.17) is 4.84 Å². The topological polar surface area (TPSA) is 59.0 Å². The Hall–Kier alpha value is -2.95. The van der Waals surface area contributed by atoms with Gasteiger partial charge in [-0.2, -0.15) is 0 Å². The van der Waals surface area contributed by atoms with E-state index in [0.717, 1.165) is 11.1 Å². The Bertz CT molecular complexity index is 812. The molecule has 2 aromatic rings. The van der Waals surface area contributed by atoms with E-state index >= 15 is 0 Å². The molecule has 4 rings (SSSR count). The lowest BCUT2D eigenvalue weighted by atomic mass is 9.93. The van der Waals surface area contributed by atoms with Crippen LogP contribution in [0.2, 0.25) is 0 Å². The zero-order valence-electron chi connectivity index (χ0n) is 12.5. The summed E-state index contributed by atoms with van der Waals surface area (Å²) in [5.74, 6) is -1.33. The molecule has 0 saturated carbocycles. The summed E-state index contributed by atoms with van der Waals surface area (Å²) in [6.07, 6.45) is -0.862. The molecular formula is C18H14N2O3. The average molecular weight is 306 g/mol. The Morgan fingerprint density at radius 2 is 1.65 bits per heavy atom. The molecule has 5 heteroatoms. The maximum Gasteiger partial charge on any atom is 0.278 e. The second-order valence-corrected chi connectivity index (χ2v) is 5.69. The average Bonchev–Trinajstić information content (AvgIpc) is 3.10. The number of oxime groups is 1. The third kappa shape index (κ3) is 2.04. The molecule has 0 spiro atoms. The number of carbonyl (C=O) groups is 2. The van der Waals surface area contributed by atoms with Crippen molar-refractivity contribution < 1.29 is 14.4 Å². The molecule has 2 aliphatic heterocycles. The summed E-state index contributed by atoms with van der Waals surface area (Å²) >= 11 is 0. The minimum absolute atomic E-state index is 0.289. The van der Waals surface area contributed by atoms with Crippen molar-refractivity contribution in [3.8, 4) is 0 Å².